The molecular formula is C8H17N3. The molecule has 1 heterocycles. The van der Waals surface area contributed by atoms with E-state index in [4.69, 9.17) is 0 Å². The van der Waals surface area contributed by atoms with Crippen LogP contribution in [0.3, 0.4) is 0 Å². The molecule has 64 valence electrons. The number of amidine groups is 1. The van der Waals surface area contributed by atoms with Crippen LogP contribution in [0.25, 0.3) is 0 Å². The monoisotopic (exact) mass is 155 g/mol. The predicted molar refractivity (Wildman–Crippen MR) is 48.1 cm³/mol. The van der Waals surface area contributed by atoms with Gasteiger partial charge in [0.25, 0.3) is 0 Å². The molecule has 0 aromatic carbocycles. The third-order valence-corrected chi connectivity index (χ3v) is 1.96. The third-order valence-electron chi connectivity index (χ3n) is 1.96. The Labute approximate surface area is 68.5 Å². The zero-order valence-corrected chi connectivity index (χ0v) is 7.43. The molecule has 0 aromatic rings. The first kappa shape index (κ1) is 8.53. The van der Waals surface area contributed by atoms with Gasteiger partial charge in [-0.3, -0.25) is 4.99 Å². The molecule has 1 saturated heterocycles. The van der Waals surface area contributed by atoms with E-state index < -0.39 is 0 Å². The molecule has 0 bridgehead atoms. The van der Waals surface area contributed by atoms with Crippen LogP contribution in [-0.4, -0.2) is 43.5 Å². The number of aliphatic imine (C=N–C) groups is 1. The molecule has 0 aliphatic carbocycles. The first-order valence-electron chi connectivity index (χ1n) is 4.31. The van der Waals surface area contributed by atoms with Gasteiger partial charge in [-0.1, -0.05) is 0 Å². The van der Waals surface area contributed by atoms with Crippen molar-refractivity contribution in [3.05, 3.63) is 0 Å². The summed E-state index contributed by atoms with van der Waals surface area (Å²) in [7, 11) is 0. The molecule has 0 radical (unpaired) electrons. The van der Waals surface area contributed by atoms with Gasteiger partial charge >= 0.3 is 0 Å². The molecule has 0 unspecified atom stereocenters. The molecule has 1 rings (SSSR count). The fourth-order valence-corrected chi connectivity index (χ4v) is 1.32. The lowest BCUT2D eigenvalue weighted by atomic mass is 10.3. The van der Waals surface area contributed by atoms with Crippen molar-refractivity contribution in [1.29, 1.82) is 0 Å². The van der Waals surface area contributed by atoms with E-state index in [1.54, 1.807) is 0 Å². The van der Waals surface area contributed by atoms with Crippen molar-refractivity contribution < 1.29 is 0 Å². The topological polar surface area (TPSA) is 27.6 Å². The Kier molecular flexibility index (Phi) is 3.36. The minimum absolute atomic E-state index is 0.899. The van der Waals surface area contributed by atoms with Crippen LogP contribution in [0.15, 0.2) is 4.99 Å². The van der Waals surface area contributed by atoms with E-state index >= 15 is 0 Å². The van der Waals surface area contributed by atoms with Gasteiger partial charge in [0.2, 0.25) is 0 Å². The summed E-state index contributed by atoms with van der Waals surface area (Å²) in [6.07, 6.45) is 0. The van der Waals surface area contributed by atoms with Crippen LogP contribution in [0.2, 0.25) is 0 Å². The van der Waals surface area contributed by atoms with Crippen LogP contribution in [0.1, 0.15) is 13.8 Å². The van der Waals surface area contributed by atoms with E-state index in [1.165, 1.54) is 5.84 Å². The van der Waals surface area contributed by atoms with E-state index in [0.29, 0.717) is 0 Å². The molecule has 0 amide bonds. The van der Waals surface area contributed by atoms with Gasteiger partial charge in [-0.2, -0.15) is 0 Å². The van der Waals surface area contributed by atoms with E-state index in [-0.39, 0.29) is 0 Å². The standard InChI is InChI=1S/C8H17N3/c1-3-10-8(2)11-6-4-9-5-7-11/h9H,3-7H2,1-2H3. The van der Waals surface area contributed by atoms with Crippen LogP contribution in [0.4, 0.5) is 0 Å². The Morgan fingerprint density at radius 2 is 2.09 bits per heavy atom. The van der Waals surface area contributed by atoms with Crippen LogP contribution in [-0.2, 0) is 0 Å². The smallest absolute Gasteiger partial charge is 0.0958 e. The van der Waals surface area contributed by atoms with Crippen molar-refractivity contribution in [2.75, 3.05) is 32.7 Å². The number of hydrogen-bond acceptors (Lipinski definition) is 2. The van der Waals surface area contributed by atoms with Crippen molar-refractivity contribution in [1.82, 2.24) is 10.2 Å². The zero-order chi connectivity index (χ0) is 8.10. The average Bonchev–Trinajstić information content (AvgIpc) is 2.07. The number of hydrogen-bond donors (Lipinski definition) is 1. The third kappa shape index (κ3) is 2.50. The van der Waals surface area contributed by atoms with Gasteiger partial charge in [0.15, 0.2) is 0 Å². The molecule has 1 fully saturated rings. The maximum Gasteiger partial charge on any atom is 0.0958 e. The Morgan fingerprint density at radius 1 is 1.45 bits per heavy atom. The molecule has 0 aromatic heterocycles. The normalized spacial score (nSPS) is 20.5. The Bertz CT molecular complexity index is 136. The number of piperazine rings is 1. The van der Waals surface area contributed by atoms with Gasteiger partial charge in [0.05, 0.1) is 5.84 Å². The summed E-state index contributed by atoms with van der Waals surface area (Å²) in [5, 5.41) is 3.32. The number of nitrogens with one attached hydrogen (secondary N) is 1. The van der Waals surface area contributed by atoms with Gasteiger partial charge in [-0.15, -0.1) is 0 Å². The lowest BCUT2D eigenvalue weighted by molar-refractivity contribution is 0.355. The average molecular weight is 155 g/mol. The van der Waals surface area contributed by atoms with Crippen LogP contribution >= 0.6 is 0 Å². The summed E-state index contributed by atoms with van der Waals surface area (Å²) in [5.41, 5.74) is 0. The first-order chi connectivity index (χ1) is 5.34. The molecular weight excluding hydrogens is 138 g/mol. The molecule has 1 aliphatic rings. The van der Waals surface area contributed by atoms with Crippen LogP contribution in [0.5, 0.6) is 0 Å². The quantitative estimate of drug-likeness (QED) is 0.436. The van der Waals surface area contributed by atoms with E-state index in [0.717, 1.165) is 32.7 Å². The zero-order valence-electron chi connectivity index (χ0n) is 7.43. The van der Waals surface area contributed by atoms with E-state index in [9.17, 15) is 0 Å². The molecule has 3 heteroatoms. The minimum atomic E-state index is 0.899. The summed E-state index contributed by atoms with van der Waals surface area (Å²) >= 11 is 0. The van der Waals surface area contributed by atoms with Crippen molar-refractivity contribution in [3.8, 4) is 0 Å². The molecule has 3 nitrogen and oxygen atoms in total. The number of rotatable bonds is 1. The summed E-state index contributed by atoms with van der Waals surface area (Å²) in [4.78, 5) is 6.70. The molecule has 1 N–H and O–H groups in total. The highest BCUT2D eigenvalue weighted by Gasteiger charge is 2.09. The van der Waals surface area contributed by atoms with E-state index in [2.05, 4.69) is 29.1 Å². The molecule has 1 aliphatic heterocycles. The fourth-order valence-electron chi connectivity index (χ4n) is 1.32. The lowest BCUT2D eigenvalue weighted by Gasteiger charge is -2.28. The highest BCUT2D eigenvalue weighted by molar-refractivity contribution is 5.79. The lowest BCUT2D eigenvalue weighted by Crippen LogP contribution is -2.45. The summed E-state index contributed by atoms with van der Waals surface area (Å²) < 4.78 is 0. The second kappa shape index (κ2) is 4.34. The Hall–Kier alpha value is -0.570. The van der Waals surface area contributed by atoms with Crippen molar-refractivity contribution in [3.63, 3.8) is 0 Å². The van der Waals surface area contributed by atoms with Crippen molar-refractivity contribution in [2.45, 2.75) is 13.8 Å². The maximum absolute atomic E-state index is 4.36. The molecule has 0 saturated carbocycles. The second-order valence-electron chi connectivity index (χ2n) is 2.76. The molecule has 0 spiro atoms. The van der Waals surface area contributed by atoms with Crippen molar-refractivity contribution in [2.24, 2.45) is 4.99 Å². The van der Waals surface area contributed by atoms with E-state index in [1.807, 2.05) is 0 Å². The van der Waals surface area contributed by atoms with Crippen molar-refractivity contribution >= 4 is 5.84 Å². The maximum atomic E-state index is 4.36. The predicted octanol–water partition coefficient (Wildman–Crippen LogP) is 0.330. The SMILES string of the molecule is CCN=C(C)N1CCNCC1. The minimum Gasteiger partial charge on any atom is -0.358 e. The van der Waals surface area contributed by atoms with Gasteiger partial charge < -0.3 is 10.2 Å². The Balaban J connectivity index is 2.38. The number of nitrogens with zero attached hydrogens (tertiary/aromatic N) is 2. The second-order valence-corrected chi connectivity index (χ2v) is 2.76. The molecule has 0 atom stereocenters. The van der Waals surface area contributed by atoms with Crippen LogP contribution in [0, 0.1) is 0 Å². The highest BCUT2D eigenvalue weighted by Crippen LogP contribution is 1.94. The Morgan fingerprint density at radius 3 is 2.64 bits per heavy atom. The summed E-state index contributed by atoms with van der Waals surface area (Å²) in [5.74, 6) is 1.19. The molecule has 11 heavy (non-hydrogen) atoms. The van der Waals surface area contributed by atoms with Gasteiger partial charge in [0, 0.05) is 32.7 Å². The van der Waals surface area contributed by atoms with Gasteiger partial charge in [0.1, 0.15) is 0 Å². The largest absolute Gasteiger partial charge is 0.358 e. The highest BCUT2D eigenvalue weighted by atomic mass is 15.2. The van der Waals surface area contributed by atoms with Gasteiger partial charge in [-0.25, -0.2) is 0 Å². The fraction of sp³-hybridized carbons (Fsp3) is 0.875. The van der Waals surface area contributed by atoms with Crippen LogP contribution < -0.4 is 5.32 Å². The first-order valence-corrected chi connectivity index (χ1v) is 4.31. The van der Waals surface area contributed by atoms with Gasteiger partial charge in [-0.05, 0) is 13.8 Å². The summed E-state index contributed by atoms with van der Waals surface area (Å²) in [6, 6.07) is 0. The summed E-state index contributed by atoms with van der Waals surface area (Å²) in [6.45, 7) is 9.47.